The number of nitrogens with zero attached hydrogens (tertiary/aromatic N) is 4. The van der Waals surface area contributed by atoms with Gasteiger partial charge in [-0.3, -0.25) is 14.2 Å². The quantitative estimate of drug-likeness (QED) is 0.511. The molecule has 0 unspecified atom stereocenters. The molecule has 0 fully saturated rings. The number of hydrogen-bond acceptors (Lipinski definition) is 6. The van der Waals surface area contributed by atoms with Crippen molar-refractivity contribution in [2.45, 2.75) is 6.54 Å². The fourth-order valence-corrected chi connectivity index (χ4v) is 3.02. The van der Waals surface area contributed by atoms with Crippen LogP contribution < -0.4 is 10.9 Å². The summed E-state index contributed by atoms with van der Waals surface area (Å²) < 4.78 is 7.45. The van der Waals surface area contributed by atoms with Gasteiger partial charge in [0.05, 0.1) is 24.6 Å². The highest BCUT2D eigenvalue weighted by atomic mass is 16.5. The van der Waals surface area contributed by atoms with Gasteiger partial charge in [-0.1, -0.05) is 24.3 Å². The Bertz CT molecular complexity index is 1290. The van der Waals surface area contributed by atoms with Gasteiger partial charge in [0.25, 0.3) is 5.56 Å². The van der Waals surface area contributed by atoms with Gasteiger partial charge in [-0.2, -0.15) is 5.10 Å². The van der Waals surface area contributed by atoms with E-state index in [2.05, 4.69) is 20.1 Å². The number of anilines is 1. The number of methoxy groups -OCH3 is 1. The molecule has 0 radical (unpaired) electrons. The summed E-state index contributed by atoms with van der Waals surface area (Å²) in [6.07, 6.45) is 2.75. The second kappa shape index (κ2) is 8.00. The summed E-state index contributed by atoms with van der Waals surface area (Å²) in [7, 11) is 1.28. The maximum atomic E-state index is 12.8. The number of ether oxygens (including phenoxy) is 1. The Kier molecular flexibility index (Phi) is 5.08. The van der Waals surface area contributed by atoms with Crippen molar-refractivity contribution < 1.29 is 14.3 Å². The molecule has 30 heavy (non-hydrogen) atoms. The minimum Gasteiger partial charge on any atom is -0.465 e. The number of amides is 1. The summed E-state index contributed by atoms with van der Waals surface area (Å²) in [5, 5.41) is 7.21. The maximum absolute atomic E-state index is 12.8. The minimum atomic E-state index is -0.507. The molecule has 0 atom stereocenters. The summed E-state index contributed by atoms with van der Waals surface area (Å²) in [5.41, 5.74) is 1.54. The Morgan fingerprint density at radius 2 is 1.90 bits per heavy atom. The molecule has 0 saturated heterocycles. The molecule has 4 aromatic rings. The van der Waals surface area contributed by atoms with E-state index >= 15 is 0 Å². The van der Waals surface area contributed by atoms with Crippen LogP contribution in [0.15, 0.2) is 71.9 Å². The standard InChI is InChI=1S/C21H17N5O4/c1-30-21(29)14-6-5-7-15(10-14)24-18(27)12-25-13-22-19-17(20(25)28)11-23-26(19)16-8-3-2-4-9-16/h2-11,13H,12H2,1H3,(H,24,27). The molecule has 0 aliphatic carbocycles. The van der Waals surface area contributed by atoms with Gasteiger partial charge in [0.2, 0.25) is 5.91 Å². The number of aromatic nitrogens is 4. The molecular weight excluding hydrogens is 386 g/mol. The van der Waals surface area contributed by atoms with E-state index in [1.54, 1.807) is 22.9 Å². The molecule has 0 saturated carbocycles. The van der Waals surface area contributed by atoms with Crippen LogP contribution in [0, 0.1) is 0 Å². The first-order valence-corrected chi connectivity index (χ1v) is 9.03. The first-order valence-electron chi connectivity index (χ1n) is 9.03. The van der Waals surface area contributed by atoms with Gasteiger partial charge in [0.1, 0.15) is 18.3 Å². The van der Waals surface area contributed by atoms with E-state index in [9.17, 15) is 14.4 Å². The van der Waals surface area contributed by atoms with Crippen molar-refractivity contribution in [2.75, 3.05) is 12.4 Å². The maximum Gasteiger partial charge on any atom is 0.337 e. The lowest BCUT2D eigenvalue weighted by Crippen LogP contribution is -2.27. The van der Waals surface area contributed by atoms with Crippen molar-refractivity contribution in [3.8, 4) is 5.69 Å². The first-order chi connectivity index (χ1) is 14.6. The van der Waals surface area contributed by atoms with Gasteiger partial charge >= 0.3 is 5.97 Å². The minimum absolute atomic E-state index is 0.235. The number of hydrogen-bond donors (Lipinski definition) is 1. The van der Waals surface area contributed by atoms with Crippen LogP contribution in [0.25, 0.3) is 16.7 Å². The lowest BCUT2D eigenvalue weighted by atomic mass is 10.2. The molecule has 0 bridgehead atoms. The summed E-state index contributed by atoms with van der Waals surface area (Å²) in [4.78, 5) is 41.1. The van der Waals surface area contributed by atoms with Crippen LogP contribution >= 0.6 is 0 Å². The van der Waals surface area contributed by atoms with Crippen LogP contribution in [0.2, 0.25) is 0 Å². The van der Waals surface area contributed by atoms with Gasteiger partial charge in [-0.25, -0.2) is 14.5 Å². The van der Waals surface area contributed by atoms with E-state index in [-0.39, 0.29) is 12.1 Å². The average Bonchev–Trinajstić information content (AvgIpc) is 3.21. The lowest BCUT2D eigenvalue weighted by molar-refractivity contribution is -0.116. The Morgan fingerprint density at radius 1 is 1.10 bits per heavy atom. The molecule has 9 heteroatoms. The number of benzene rings is 2. The number of para-hydroxylation sites is 1. The van der Waals surface area contributed by atoms with E-state index in [4.69, 9.17) is 0 Å². The summed E-state index contributed by atoms with van der Waals surface area (Å²) >= 11 is 0. The summed E-state index contributed by atoms with van der Waals surface area (Å²) in [5.74, 6) is -0.942. The zero-order valence-corrected chi connectivity index (χ0v) is 16.0. The van der Waals surface area contributed by atoms with Gasteiger partial charge < -0.3 is 10.1 Å². The van der Waals surface area contributed by atoms with Gasteiger partial charge in [0.15, 0.2) is 5.65 Å². The fourth-order valence-electron chi connectivity index (χ4n) is 3.02. The predicted octanol–water partition coefficient (Wildman–Crippen LogP) is 2.01. The largest absolute Gasteiger partial charge is 0.465 e. The predicted molar refractivity (Wildman–Crippen MR) is 110 cm³/mol. The van der Waals surface area contributed by atoms with Crippen molar-refractivity contribution in [1.29, 1.82) is 0 Å². The number of esters is 1. The first kappa shape index (κ1) is 19.1. The van der Waals surface area contributed by atoms with Crippen LogP contribution in [0.4, 0.5) is 5.69 Å². The third-order valence-corrected chi connectivity index (χ3v) is 4.44. The number of carbonyl (C=O) groups excluding carboxylic acids is 2. The van der Waals surface area contributed by atoms with Gasteiger partial charge in [-0.05, 0) is 30.3 Å². The third kappa shape index (κ3) is 3.68. The zero-order chi connectivity index (χ0) is 21.1. The molecule has 0 aliphatic rings. The zero-order valence-electron chi connectivity index (χ0n) is 16.0. The summed E-state index contributed by atoms with van der Waals surface area (Å²) in [6, 6.07) is 15.7. The lowest BCUT2D eigenvalue weighted by Gasteiger charge is -2.08. The molecule has 9 nitrogen and oxygen atoms in total. The number of fused-ring (bicyclic) bond motifs is 1. The van der Waals surface area contributed by atoms with E-state index in [0.29, 0.717) is 22.3 Å². The van der Waals surface area contributed by atoms with Crippen molar-refractivity contribution in [3.05, 3.63) is 83.0 Å². The number of rotatable bonds is 5. The van der Waals surface area contributed by atoms with Crippen LogP contribution in [-0.2, 0) is 16.1 Å². The normalized spacial score (nSPS) is 10.7. The average molecular weight is 403 g/mol. The van der Waals surface area contributed by atoms with Crippen molar-refractivity contribution >= 4 is 28.6 Å². The SMILES string of the molecule is COC(=O)c1cccc(NC(=O)Cn2cnc3c(cnn3-c3ccccc3)c2=O)c1. The molecular formula is C21H17N5O4. The van der Waals surface area contributed by atoms with Gasteiger partial charge in [-0.15, -0.1) is 0 Å². The molecule has 1 N–H and O–H groups in total. The molecule has 2 aromatic carbocycles. The van der Waals surface area contributed by atoms with E-state index in [1.807, 2.05) is 30.3 Å². The Labute approximate surface area is 170 Å². The van der Waals surface area contributed by atoms with Crippen LogP contribution in [0.1, 0.15) is 10.4 Å². The topological polar surface area (TPSA) is 108 Å². The van der Waals surface area contributed by atoms with E-state index < -0.39 is 11.9 Å². The highest BCUT2D eigenvalue weighted by Gasteiger charge is 2.14. The second-order valence-electron chi connectivity index (χ2n) is 6.43. The van der Waals surface area contributed by atoms with Crippen LogP contribution in [0.5, 0.6) is 0 Å². The van der Waals surface area contributed by atoms with Crippen molar-refractivity contribution in [2.24, 2.45) is 0 Å². The smallest absolute Gasteiger partial charge is 0.337 e. The van der Waals surface area contributed by atoms with E-state index in [0.717, 1.165) is 5.69 Å². The van der Waals surface area contributed by atoms with Crippen LogP contribution in [0.3, 0.4) is 0 Å². The Hall–Kier alpha value is -4.27. The number of nitrogens with one attached hydrogen (secondary N) is 1. The Balaban J connectivity index is 1.56. The molecule has 150 valence electrons. The molecule has 0 spiro atoms. The third-order valence-electron chi connectivity index (χ3n) is 4.44. The van der Waals surface area contributed by atoms with E-state index in [1.165, 1.54) is 30.3 Å². The summed E-state index contributed by atoms with van der Waals surface area (Å²) in [6.45, 7) is -0.235. The van der Waals surface area contributed by atoms with Crippen molar-refractivity contribution in [3.63, 3.8) is 0 Å². The second-order valence-corrected chi connectivity index (χ2v) is 6.43. The Morgan fingerprint density at radius 3 is 2.67 bits per heavy atom. The monoisotopic (exact) mass is 403 g/mol. The molecule has 0 aliphatic heterocycles. The number of carbonyl (C=O) groups is 2. The fraction of sp³-hybridized carbons (Fsp3) is 0.0952. The highest BCUT2D eigenvalue weighted by Crippen LogP contribution is 2.14. The van der Waals surface area contributed by atoms with Crippen molar-refractivity contribution in [1.82, 2.24) is 19.3 Å². The molecule has 4 rings (SSSR count). The van der Waals surface area contributed by atoms with Gasteiger partial charge in [0, 0.05) is 5.69 Å². The highest BCUT2D eigenvalue weighted by molar-refractivity contribution is 5.94. The molecule has 1 amide bonds. The molecule has 2 heterocycles. The van der Waals surface area contributed by atoms with Crippen LogP contribution in [-0.4, -0.2) is 38.3 Å². The molecule has 2 aromatic heterocycles.